The number of fused-ring (bicyclic) bond motifs is 1. The second-order valence-electron chi connectivity index (χ2n) is 7.47. The van der Waals surface area contributed by atoms with Crippen LogP contribution in [0.4, 0.5) is 11.4 Å². The minimum absolute atomic E-state index is 0.142. The number of nitrogens with zero attached hydrogens (tertiary/aromatic N) is 2. The molecule has 2 aliphatic rings. The van der Waals surface area contributed by atoms with Crippen LogP contribution in [0, 0.1) is 5.92 Å². The van der Waals surface area contributed by atoms with Gasteiger partial charge in [-0.2, -0.15) is 0 Å². The van der Waals surface area contributed by atoms with Crippen molar-refractivity contribution in [1.82, 2.24) is 5.32 Å². The van der Waals surface area contributed by atoms with Crippen molar-refractivity contribution in [2.75, 3.05) is 29.9 Å². The standard InChI is InChI=1S/C19H29N3O/c1-13-9-16-10-18(7-8-19(16)22(11-13)15(3)23)21(4)12-17-6-5-14(2)20-17/h7-8,10,13-14,17,20H,5-6,9,11-12H2,1-4H3. The van der Waals surface area contributed by atoms with Gasteiger partial charge in [-0.1, -0.05) is 6.92 Å². The summed E-state index contributed by atoms with van der Waals surface area (Å²) in [5.41, 5.74) is 3.65. The zero-order valence-electron chi connectivity index (χ0n) is 14.8. The fraction of sp³-hybridized carbons (Fsp3) is 0.632. The number of carbonyl (C=O) groups is 1. The Hall–Kier alpha value is -1.55. The largest absolute Gasteiger partial charge is 0.373 e. The Morgan fingerprint density at radius 1 is 1.35 bits per heavy atom. The van der Waals surface area contributed by atoms with Crippen molar-refractivity contribution in [3.63, 3.8) is 0 Å². The lowest BCUT2D eigenvalue weighted by atomic mass is 9.93. The maximum atomic E-state index is 11.9. The van der Waals surface area contributed by atoms with Crippen LogP contribution in [0.5, 0.6) is 0 Å². The number of anilines is 2. The molecule has 0 radical (unpaired) electrons. The van der Waals surface area contributed by atoms with Crippen LogP contribution in [0.15, 0.2) is 18.2 Å². The van der Waals surface area contributed by atoms with Crippen LogP contribution in [0.25, 0.3) is 0 Å². The molecule has 3 rings (SSSR count). The molecule has 0 saturated carbocycles. The SMILES string of the molecule is CC(=O)N1CC(C)Cc2cc(N(C)CC3CCC(C)N3)ccc21. The first kappa shape index (κ1) is 16.3. The first-order chi connectivity index (χ1) is 10.9. The van der Waals surface area contributed by atoms with E-state index in [0.717, 1.165) is 25.2 Å². The summed E-state index contributed by atoms with van der Waals surface area (Å²) in [5.74, 6) is 0.660. The maximum Gasteiger partial charge on any atom is 0.223 e. The molecule has 4 heteroatoms. The smallest absolute Gasteiger partial charge is 0.223 e. The molecule has 2 aliphatic heterocycles. The topological polar surface area (TPSA) is 35.6 Å². The van der Waals surface area contributed by atoms with E-state index in [4.69, 9.17) is 0 Å². The first-order valence-electron chi connectivity index (χ1n) is 8.82. The van der Waals surface area contributed by atoms with Crippen LogP contribution in [0.3, 0.4) is 0 Å². The number of carbonyl (C=O) groups excluding carboxylic acids is 1. The highest BCUT2D eigenvalue weighted by molar-refractivity contribution is 5.93. The molecule has 3 unspecified atom stereocenters. The van der Waals surface area contributed by atoms with Crippen molar-refractivity contribution >= 4 is 17.3 Å². The summed E-state index contributed by atoms with van der Waals surface area (Å²) in [4.78, 5) is 16.2. The molecule has 1 saturated heterocycles. The Balaban J connectivity index is 1.77. The van der Waals surface area contributed by atoms with E-state index in [9.17, 15) is 4.79 Å². The van der Waals surface area contributed by atoms with Crippen LogP contribution in [-0.2, 0) is 11.2 Å². The summed E-state index contributed by atoms with van der Waals surface area (Å²) in [7, 11) is 2.17. The van der Waals surface area contributed by atoms with E-state index in [1.165, 1.54) is 24.1 Å². The molecule has 23 heavy (non-hydrogen) atoms. The molecule has 126 valence electrons. The van der Waals surface area contributed by atoms with Crippen molar-refractivity contribution in [1.29, 1.82) is 0 Å². The predicted octanol–water partition coefficient (Wildman–Crippen LogP) is 2.81. The van der Waals surface area contributed by atoms with E-state index < -0.39 is 0 Å². The third-order valence-corrected chi connectivity index (χ3v) is 5.20. The van der Waals surface area contributed by atoms with Gasteiger partial charge in [0, 0.05) is 50.5 Å². The number of likely N-dealkylation sites (N-methyl/N-ethyl adjacent to an activating group) is 1. The van der Waals surface area contributed by atoms with Crippen molar-refractivity contribution in [3.05, 3.63) is 23.8 Å². The van der Waals surface area contributed by atoms with E-state index in [0.29, 0.717) is 18.0 Å². The summed E-state index contributed by atoms with van der Waals surface area (Å²) < 4.78 is 0. The van der Waals surface area contributed by atoms with Gasteiger partial charge in [-0.25, -0.2) is 0 Å². The summed E-state index contributed by atoms with van der Waals surface area (Å²) in [6.07, 6.45) is 3.58. The Morgan fingerprint density at radius 2 is 2.13 bits per heavy atom. The molecule has 3 atom stereocenters. The second kappa shape index (κ2) is 6.52. The number of amides is 1. The van der Waals surface area contributed by atoms with Crippen molar-refractivity contribution in [2.24, 2.45) is 5.92 Å². The van der Waals surface area contributed by atoms with Gasteiger partial charge in [0.15, 0.2) is 0 Å². The van der Waals surface area contributed by atoms with Gasteiger partial charge in [0.1, 0.15) is 0 Å². The quantitative estimate of drug-likeness (QED) is 0.931. The maximum absolute atomic E-state index is 11.9. The third-order valence-electron chi connectivity index (χ3n) is 5.20. The molecule has 0 aliphatic carbocycles. The van der Waals surface area contributed by atoms with Gasteiger partial charge in [-0.05, 0) is 55.9 Å². The van der Waals surface area contributed by atoms with E-state index in [2.05, 4.69) is 49.3 Å². The average Bonchev–Trinajstić information content (AvgIpc) is 2.90. The number of hydrogen-bond donors (Lipinski definition) is 1. The number of benzene rings is 1. The van der Waals surface area contributed by atoms with Crippen LogP contribution in [0.2, 0.25) is 0 Å². The van der Waals surface area contributed by atoms with E-state index in [-0.39, 0.29) is 5.91 Å². The molecule has 0 aromatic heterocycles. The fourth-order valence-electron chi connectivity index (χ4n) is 3.98. The second-order valence-corrected chi connectivity index (χ2v) is 7.47. The molecule has 1 fully saturated rings. The molecule has 4 nitrogen and oxygen atoms in total. The zero-order valence-corrected chi connectivity index (χ0v) is 14.8. The minimum atomic E-state index is 0.142. The van der Waals surface area contributed by atoms with Crippen LogP contribution >= 0.6 is 0 Å². The van der Waals surface area contributed by atoms with Crippen molar-refractivity contribution < 1.29 is 4.79 Å². The molecule has 0 spiro atoms. The summed E-state index contributed by atoms with van der Waals surface area (Å²) in [6.45, 7) is 8.01. The van der Waals surface area contributed by atoms with Crippen molar-refractivity contribution in [2.45, 2.75) is 52.1 Å². The Kier molecular flexibility index (Phi) is 4.62. The summed E-state index contributed by atoms with van der Waals surface area (Å²) >= 11 is 0. The van der Waals surface area contributed by atoms with Gasteiger partial charge in [0.2, 0.25) is 5.91 Å². The number of nitrogens with one attached hydrogen (secondary N) is 1. The van der Waals surface area contributed by atoms with Crippen LogP contribution in [-0.4, -0.2) is 38.1 Å². The van der Waals surface area contributed by atoms with Gasteiger partial charge < -0.3 is 15.1 Å². The first-order valence-corrected chi connectivity index (χ1v) is 8.82. The van der Waals surface area contributed by atoms with Crippen molar-refractivity contribution in [3.8, 4) is 0 Å². The monoisotopic (exact) mass is 315 g/mol. The Labute approximate surface area is 139 Å². The molecule has 2 heterocycles. The Bertz CT molecular complexity index is 586. The van der Waals surface area contributed by atoms with Gasteiger partial charge in [-0.15, -0.1) is 0 Å². The lowest BCUT2D eigenvalue weighted by molar-refractivity contribution is -0.116. The van der Waals surface area contributed by atoms with E-state index in [1.54, 1.807) is 6.92 Å². The van der Waals surface area contributed by atoms with Gasteiger partial charge in [-0.3, -0.25) is 4.79 Å². The normalized spacial score (nSPS) is 27.0. The molecule has 0 bridgehead atoms. The fourth-order valence-corrected chi connectivity index (χ4v) is 3.98. The number of hydrogen-bond acceptors (Lipinski definition) is 3. The molecule has 1 aromatic rings. The molecule has 1 amide bonds. The van der Waals surface area contributed by atoms with Crippen LogP contribution in [0.1, 0.15) is 39.2 Å². The Morgan fingerprint density at radius 3 is 2.78 bits per heavy atom. The lowest BCUT2D eigenvalue weighted by Crippen LogP contribution is -2.39. The lowest BCUT2D eigenvalue weighted by Gasteiger charge is -2.34. The van der Waals surface area contributed by atoms with Gasteiger partial charge in [0.25, 0.3) is 0 Å². The highest BCUT2D eigenvalue weighted by Gasteiger charge is 2.26. The van der Waals surface area contributed by atoms with Gasteiger partial charge >= 0.3 is 0 Å². The molecular formula is C19H29N3O. The van der Waals surface area contributed by atoms with Gasteiger partial charge in [0.05, 0.1) is 0 Å². The molecular weight excluding hydrogens is 286 g/mol. The summed E-state index contributed by atoms with van der Waals surface area (Å²) in [5, 5.41) is 3.65. The van der Waals surface area contributed by atoms with E-state index in [1.807, 2.05) is 4.90 Å². The average molecular weight is 315 g/mol. The molecule has 1 N–H and O–H groups in total. The molecule has 1 aromatic carbocycles. The highest BCUT2D eigenvalue weighted by Crippen LogP contribution is 2.33. The third kappa shape index (κ3) is 3.52. The number of rotatable bonds is 3. The zero-order chi connectivity index (χ0) is 16.6. The predicted molar refractivity (Wildman–Crippen MR) is 96.2 cm³/mol. The highest BCUT2D eigenvalue weighted by atomic mass is 16.2. The van der Waals surface area contributed by atoms with E-state index >= 15 is 0 Å². The van der Waals surface area contributed by atoms with Crippen LogP contribution < -0.4 is 15.1 Å². The summed E-state index contributed by atoms with van der Waals surface area (Å²) in [6, 6.07) is 7.78. The minimum Gasteiger partial charge on any atom is -0.373 e.